The van der Waals surface area contributed by atoms with Crippen LogP contribution in [-0.2, 0) is 19.2 Å². The Hall–Kier alpha value is -2.83. The van der Waals surface area contributed by atoms with Crippen molar-refractivity contribution in [1.82, 2.24) is 0 Å². The SMILES string of the molecule is CC1=C2[C@H]3OC(=O)C4(CC(c5cc(F)cc(F)c5)=NO4)[C@@H]3CC[C@@]2(C)C=CC1=O. The Morgan fingerprint density at radius 1 is 1.17 bits per heavy atom. The van der Waals surface area contributed by atoms with Crippen molar-refractivity contribution in [3.63, 3.8) is 0 Å². The molecule has 29 heavy (non-hydrogen) atoms. The summed E-state index contributed by atoms with van der Waals surface area (Å²) in [6, 6.07) is 3.11. The van der Waals surface area contributed by atoms with Crippen LogP contribution >= 0.6 is 0 Å². The standard InChI is InChI=1S/C22H19F2NO4/c1-11-17(26)4-6-21(2)5-3-15-19(18(11)21)28-20(27)22(15)10-16(25-29-22)12-7-13(23)9-14(24)8-12/h4,6-9,15,19H,3,5,10H2,1-2H3/t15-,19+,21+,22?/m1/s1. The quantitative estimate of drug-likeness (QED) is 0.677. The van der Waals surface area contributed by atoms with Crippen LogP contribution in [0.4, 0.5) is 8.78 Å². The highest BCUT2D eigenvalue weighted by atomic mass is 19.1. The van der Waals surface area contributed by atoms with Gasteiger partial charge in [0.05, 0.1) is 11.6 Å². The lowest BCUT2D eigenvalue weighted by Crippen LogP contribution is -2.47. The number of rotatable bonds is 1. The van der Waals surface area contributed by atoms with E-state index in [1.54, 1.807) is 13.0 Å². The van der Waals surface area contributed by atoms with Gasteiger partial charge in [-0.2, -0.15) is 0 Å². The molecule has 0 aromatic heterocycles. The van der Waals surface area contributed by atoms with E-state index in [2.05, 4.69) is 5.16 Å². The minimum absolute atomic E-state index is 0.0721. The Kier molecular flexibility index (Phi) is 3.67. The minimum Gasteiger partial charge on any atom is -0.454 e. The number of carbonyl (C=O) groups excluding carboxylic acids is 2. The summed E-state index contributed by atoms with van der Waals surface area (Å²) in [6.07, 6.45) is 4.34. The van der Waals surface area contributed by atoms with Gasteiger partial charge in [0.25, 0.3) is 0 Å². The molecule has 1 spiro atoms. The fourth-order valence-electron chi connectivity index (χ4n) is 5.22. The fourth-order valence-corrected chi connectivity index (χ4v) is 5.22. The van der Waals surface area contributed by atoms with Crippen molar-refractivity contribution >= 4 is 17.5 Å². The maximum atomic E-state index is 13.6. The molecule has 1 aromatic rings. The second-order valence-corrected chi connectivity index (χ2v) is 8.48. The molecule has 2 aliphatic heterocycles. The van der Waals surface area contributed by atoms with Gasteiger partial charge in [0.15, 0.2) is 5.78 Å². The number of halogens is 2. The molecule has 0 radical (unpaired) electrons. The lowest BCUT2D eigenvalue weighted by molar-refractivity contribution is -0.158. The third-order valence-corrected chi connectivity index (χ3v) is 6.74. The zero-order valence-corrected chi connectivity index (χ0v) is 16.0. The van der Waals surface area contributed by atoms with Crippen LogP contribution in [0.25, 0.3) is 0 Å². The second kappa shape index (κ2) is 5.84. The minimum atomic E-state index is -1.33. The molecule has 4 atom stereocenters. The van der Waals surface area contributed by atoms with Gasteiger partial charge in [-0.1, -0.05) is 18.2 Å². The van der Waals surface area contributed by atoms with E-state index >= 15 is 0 Å². The summed E-state index contributed by atoms with van der Waals surface area (Å²) in [5.41, 5.74) is 0.281. The number of benzene rings is 1. The monoisotopic (exact) mass is 399 g/mol. The van der Waals surface area contributed by atoms with Crippen LogP contribution in [0.5, 0.6) is 0 Å². The summed E-state index contributed by atoms with van der Waals surface area (Å²) in [7, 11) is 0. The van der Waals surface area contributed by atoms with E-state index in [0.29, 0.717) is 17.7 Å². The third kappa shape index (κ3) is 2.46. The number of esters is 1. The highest BCUT2D eigenvalue weighted by Gasteiger charge is 2.66. The van der Waals surface area contributed by atoms with Crippen molar-refractivity contribution in [3.05, 3.63) is 58.7 Å². The molecule has 1 saturated heterocycles. The van der Waals surface area contributed by atoms with Gasteiger partial charge < -0.3 is 9.57 Å². The highest BCUT2D eigenvalue weighted by Crippen LogP contribution is 2.56. The zero-order valence-electron chi connectivity index (χ0n) is 16.0. The number of oxime groups is 1. The van der Waals surface area contributed by atoms with Crippen LogP contribution in [-0.4, -0.2) is 29.2 Å². The summed E-state index contributed by atoms with van der Waals surface area (Å²) in [6.45, 7) is 3.80. The average molecular weight is 399 g/mol. The lowest BCUT2D eigenvalue weighted by atomic mass is 9.60. The molecule has 1 saturated carbocycles. The molecule has 1 unspecified atom stereocenters. The molecular weight excluding hydrogens is 380 g/mol. The molecule has 2 aliphatic carbocycles. The number of hydrogen-bond acceptors (Lipinski definition) is 5. The van der Waals surface area contributed by atoms with E-state index in [4.69, 9.17) is 9.57 Å². The van der Waals surface area contributed by atoms with Crippen molar-refractivity contribution in [2.75, 3.05) is 0 Å². The van der Waals surface area contributed by atoms with Crippen molar-refractivity contribution in [2.45, 2.75) is 44.8 Å². The first-order valence-corrected chi connectivity index (χ1v) is 9.61. The summed E-state index contributed by atoms with van der Waals surface area (Å²) in [4.78, 5) is 30.9. The Bertz CT molecular complexity index is 1040. The number of allylic oxidation sites excluding steroid dienone is 3. The molecule has 7 heteroatoms. The van der Waals surface area contributed by atoms with Crippen molar-refractivity contribution < 1.29 is 27.9 Å². The molecule has 0 bridgehead atoms. The molecule has 150 valence electrons. The smallest absolute Gasteiger partial charge is 0.354 e. The first kappa shape index (κ1) is 18.2. The van der Waals surface area contributed by atoms with E-state index in [1.165, 1.54) is 0 Å². The summed E-state index contributed by atoms with van der Waals surface area (Å²) in [5.74, 6) is -2.41. The molecule has 4 aliphatic rings. The zero-order chi connectivity index (χ0) is 20.6. The normalized spacial score (nSPS) is 35.4. The van der Waals surface area contributed by atoms with Gasteiger partial charge in [0.2, 0.25) is 5.60 Å². The Morgan fingerprint density at radius 3 is 2.62 bits per heavy atom. The predicted molar refractivity (Wildman–Crippen MR) is 98.9 cm³/mol. The van der Waals surface area contributed by atoms with Crippen LogP contribution in [0, 0.1) is 23.0 Å². The van der Waals surface area contributed by atoms with Crippen molar-refractivity contribution in [2.24, 2.45) is 16.5 Å². The Balaban J connectivity index is 1.51. The average Bonchev–Trinajstić information content (AvgIpc) is 3.21. The number of ether oxygens (including phenoxy) is 1. The predicted octanol–water partition coefficient (Wildman–Crippen LogP) is 3.63. The van der Waals surface area contributed by atoms with Crippen LogP contribution in [0.15, 0.2) is 46.7 Å². The van der Waals surface area contributed by atoms with Gasteiger partial charge in [-0.15, -0.1) is 0 Å². The topological polar surface area (TPSA) is 65.0 Å². The largest absolute Gasteiger partial charge is 0.454 e. The summed E-state index contributed by atoms with van der Waals surface area (Å²) < 4.78 is 33.0. The van der Waals surface area contributed by atoms with Crippen LogP contribution in [0.3, 0.4) is 0 Å². The molecule has 2 heterocycles. The number of ketones is 1. The molecule has 0 N–H and O–H groups in total. The van der Waals surface area contributed by atoms with Crippen LogP contribution in [0.2, 0.25) is 0 Å². The van der Waals surface area contributed by atoms with Gasteiger partial charge >= 0.3 is 5.97 Å². The maximum absolute atomic E-state index is 13.6. The van der Waals surface area contributed by atoms with E-state index in [-0.39, 0.29) is 29.1 Å². The highest BCUT2D eigenvalue weighted by molar-refractivity contribution is 6.07. The van der Waals surface area contributed by atoms with Gasteiger partial charge in [0, 0.05) is 29.0 Å². The van der Waals surface area contributed by atoms with E-state index < -0.39 is 29.3 Å². The fraction of sp³-hybridized carbons (Fsp3) is 0.409. The lowest BCUT2D eigenvalue weighted by Gasteiger charge is -2.43. The van der Waals surface area contributed by atoms with Gasteiger partial charge in [-0.3, -0.25) is 4.79 Å². The van der Waals surface area contributed by atoms with E-state index in [1.807, 2.05) is 13.0 Å². The molecular formula is C22H19F2NO4. The van der Waals surface area contributed by atoms with E-state index in [9.17, 15) is 18.4 Å². The number of fused-ring (bicyclic) bond motifs is 4. The first-order chi connectivity index (χ1) is 13.7. The van der Waals surface area contributed by atoms with Crippen LogP contribution < -0.4 is 0 Å². The molecule has 5 nitrogen and oxygen atoms in total. The molecule has 0 amide bonds. The maximum Gasteiger partial charge on any atom is 0.354 e. The number of carbonyl (C=O) groups is 2. The van der Waals surface area contributed by atoms with Crippen LogP contribution in [0.1, 0.15) is 38.7 Å². The first-order valence-electron chi connectivity index (χ1n) is 9.61. The second-order valence-electron chi connectivity index (χ2n) is 8.48. The van der Waals surface area contributed by atoms with Crippen molar-refractivity contribution in [1.29, 1.82) is 0 Å². The summed E-state index contributed by atoms with van der Waals surface area (Å²) >= 11 is 0. The van der Waals surface area contributed by atoms with E-state index in [0.717, 1.165) is 30.2 Å². The molecule has 2 fully saturated rings. The number of hydrogen-bond donors (Lipinski definition) is 0. The Labute approximate surface area is 166 Å². The Morgan fingerprint density at radius 2 is 1.90 bits per heavy atom. The summed E-state index contributed by atoms with van der Waals surface area (Å²) in [5, 5.41) is 4.01. The number of nitrogens with zero attached hydrogens (tertiary/aromatic N) is 1. The molecule has 5 rings (SSSR count). The van der Waals surface area contributed by atoms with Gasteiger partial charge in [-0.05, 0) is 43.5 Å². The van der Waals surface area contributed by atoms with Crippen molar-refractivity contribution in [3.8, 4) is 0 Å². The van der Waals surface area contributed by atoms with Gasteiger partial charge in [0.1, 0.15) is 17.7 Å². The molecule has 1 aromatic carbocycles. The van der Waals surface area contributed by atoms with Gasteiger partial charge in [-0.25, -0.2) is 13.6 Å². The third-order valence-electron chi connectivity index (χ3n) is 6.74.